The average molecular weight is 320 g/mol. The lowest BCUT2D eigenvalue weighted by atomic mass is 9.92. The smallest absolute Gasteiger partial charge is 0.303 e. The lowest BCUT2D eigenvalue weighted by Crippen LogP contribution is -2.40. The monoisotopic (exact) mass is 320 g/mol. The Bertz CT molecular complexity index is 629. The van der Waals surface area contributed by atoms with Gasteiger partial charge in [-0.3, -0.25) is 19.7 Å². The molecule has 1 amide bonds. The number of nitro benzene ring substituents is 1. The van der Waals surface area contributed by atoms with Gasteiger partial charge in [-0.15, -0.1) is 0 Å². The predicted molar refractivity (Wildman–Crippen MR) is 83.3 cm³/mol. The highest BCUT2D eigenvalue weighted by atomic mass is 16.6. The van der Waals surface area contributed by atoms with E-state index < -0.39 is 10.9 Å². The Balaban J connectivity index is 2.12. The molecule has 1 atom stereocenters. The van der Waals surface area contributed by atoms with Crippen LogP contribution in [0.5, 0.6) is 0 Å². The standard InChI is InChI=1S/C16H20N2O5/c1-11-13(5-2-6-14(11)18(22)23)16(21)17-9-3-4-12(10-17)7-8-15(19)20/h2,5-6,12H,3-4,7-10H2,1H3,(H,19,20). The maximum atomic E-state index is 12.7. The van der Waals surface area contributed by atoms with E-state index in [9.17, 15) is 19.7 Å². The first-order valence-electron chi connectivity index (χ1n) is 7.65. The molecule has 1 unspecified atom stereocenters. The van der Waals surface area contributed by atoms with E-state index in [1.165, 1.54) is 12.1 Å². The zero-order valence-electron chi connectivity index (χ0n) is 13.0. The van der Waals surface area contributed by atoms with Crippen LogP contribution in [0.25, 0.3) is 0 Å². The van der Waals surface area contributed by atoms with E-state index in [2.05, 4.69) is 0 Å². The number of piperidine rings is 1. The fourth-order valence-electron chi connectivity index (χ4n) is 3.04. The molecule has 1 heterocycles. The summed E-state index contributed by atoms with van der Waals surface area (Å²) in [4.78, 5) is 35.5. The van der Waals surface area contributed by atoms with Crippen LogP contribution in [-0.2, 0) is 4.79 Å². The Morgan fingerprint density at radius 2 is 2.17 bits per heavy atom. The molecule has 0 aromatic heterocycles. The molecule has 0 spiro atoms. The van der Waals surface area contributed by atoms with Crippen LogP contribution in [0.2, 0.25) is 0 Å². The van der Waals surface area contributed by atoms with Crippen LogP contribution in [-0.4, -0.2) is 39.9 Å². The van der Waals surface area contributed by atoms with Crippen molar-refractivity contribution in [1.29, 1.82) is 0 Å². The number of aliphatic carboxylic acids is 1. The zero-order valence-corrected chi connectivity index (χ0v) is 13.0. The van der Waals surface area contributed by atoms with Crippen LogP contribution in [0.15, 0.2) is 18.2 Å². The molecule has 1 aromatic rings. The summed E-state index contributed by atoms with van der Waals surface area (Å²) < 4.78 is 0. The van der Waals surface area contributed by atoms with Crippen LogP contribution < -0.4 is 0 Å². The third-order valence-electron chi connectivity index (χ3n) is 4.30. The van der Waals surface area contributed by atoms with Gasteiger partial charge in [0.15, 0.2) is 0 Å². The minimum Gasteiger partial charge on any atom is -0.481 e. The van der Waals surface area contributed by atoms with Gasteiger partial charge in [-0.1, -0.05) is 6.07 Å². The van der Waals surface area contributed by atoms with Crippen molar-refractivity contribution in [3.63, 3.8) is 0 Å². The number of carbonyl (C=O) groups is 2. The molecular weight excluding hydrogens is 300 g/mol. The molecule has 0 aliphatic carbocycles. The number of nitrogens with zero attached hydrogens (tertiary/aromatic N) is 2. The van der Waals surface area contributed by atoms with Gasteiger partial charge in [-0.05, 0) is 38.2 Å². The number of benzene rings is 1. The minimum absolute atomic E-state index is 0.0599. The first-order valence-corrected chi connectivity index (χ1v) is 7.65. The fourth-order valence-corrected chi connectivity index (χ4v) is 3.04. The molecule has 7 nitrogen and oxygen atoms in total. The quantitative estimate of drug-likeness (QED) is 0.664. The first-order chi connectivity index (χ1) is 10.9. The summed E-state index contributed by atoms with van der Waals surface area (Å²) in [6, 6.07) is 4.51. The Morgan fingerprint density at radius 1 is 1.43 bits per heavy atom. The number of carboxylic acids is 1. The first kappa shape index (κ1) is 16.9. The van der Waals surface area contributed by atoms with E-state index in [-0.39, 0.29) is 23.9 Å². The van der Waals surface area contributed by atoms with E-state index >= 15 is 0 Å². The molecule has 0 radical (unpaired) electrons. The fraction of sp³-hybridized carbons (Fsp3) is 0.500. The summed E-state index contributed by atoms with van der Waals surface area (Å²) in [5.41, 5.74) is 0.656. The van der Waals surface area contributed by atoms with E-state index in [1.807, 2.05) is 0 Å². The summed E-state index contributed by atoms with van der Waals surface area (Å²) in [6.45, 7) is 2.69. The second-order valence-electron chi connectivity index (χ2n) is 5.90. The molecule has 1 aromatic carbocycles. The second kappa shape index (κ2) is 7.21. The number of likely N-dealkylation sites (tertiary alicyclic amines) is 1. The van der Waals surface area contributed by atoms with Gasteiger partial charge in [0.25, 0.3) is 11.6 Å². The van der Waals surface area contributed by atoms with Gasteiger partial charge in [-0.2, -0.15) is 0 Å². The number of carbonyl (C=O) groups excluding carboxylic acids is 1. The van der Waals surface area contributed by atoms with Crippen molar-refractivity contribution in [1.82, 2.24) is 4.90 Å². The molecule has 2 rings (SSSR count). The Morgan fingerprint density at radius 3 is 2.83 bits per heavy atom. The molecule has 23 heavy (non-hydrogen) atoms. The molecule has 124 valence electrons. The van der Waals surface area contributed by atoms with Crippen LogP contribution in [0.3, 0.4) is 0 Å². The van der Waals surface area contributed by atoms with Crippen molar-refractivity contribution in [3.8, 4) is 0 Å². The lowest BCUT2D eigenvalue weighted by Gasteiger charge is -2.33. The SMILES string of the molecule is Cc1c(C(=O)N2CCCC(CCC(=O)O)C2)cccc1[N+](=O)[O-]. The van der Waals surface area contributed by atoms with E-state index in [1.54, 1.807) is 17.9 Å². The molecule has 1 saturated heterocycles. The van der Waals surface area contributed by atoms with Crippen molar-refractivity contribution >= 4 is 17.6 Å². The Labute approximate surface area is 134 Å². The van der Waals surface area contributed by atoms with E-state index in [4.69, 9.17) is 5.11 Å². The Hall–Kier alpha value is -2.44. The molecule has 1 N–H and O–H groups in total. The third-order valence-corrected chi connectivity index (χ3v) is 4.30. The largest absolute Gasteiger partial charge is 0.481 e. The molecule has 0 saturated carbocycles. The summed E-state index contributed by atoms with van der Waals surface area (Å²) in [6.07, 6.45) is 2.38. The molecule has 1 fully saturated rings. The topological polar surface area (TPSA) is 101 Å². The third kappa shape index (κ3) is 4.06. The second-order valence-corrected chi connectivity index (χ2v) is 5.90. The number of nitro groups is 1. The minimum atomic E-state index is -0.831. The maximum Gasteiger partial charge on any atom is 0.303 e. The van der Waals surface area contributed by atoms with Crippen LogP contribution in [0, 0.1) is 23.0 Å². The summed E-state index contributed by atoms with van der Waals surface area (Å²) >= 11 is 0. The van der Waals surface area contributed by atoms with Gasteiger partial charge >= 0.3 is 5.97 Å². The summed E-state index contributed by atoms with van der Waals surface area (Å²) in [5, 5.41) is 19.8. The number of hydrogen-bond donors (Lipinski definition) is 1. The average Bonchev–Trinajstić information content (AvgIpc) is 2.52. The van der Waals surface area contributed by atoms with Crippen LogP contribution in [0.1, 0.15) is 41.6 Å². The van der Waals surface area contributed by atoms with Gasteiger partial charge in [-0.25, -0.2) is 0 Å². The van der Waals surface area contributed by atoms with Crippen molar-refractivity contribution < 1.29 is 19.6 Å². The van der Waals surface area contributed by atoms with Crippen molar-refractivity contribution in [2.45, 2.75) is 32.6 Å². The molecule has 0 bridgehead atoms. The van der Waals surface area contributed by atoms with E-state index in [0.717, 1.165) is 12.8 Å². The van der Waals surface area contributed by atoms with Crippen molar-refractivity contribution in [3.05, 3.63) is 39.4 Å². The maximum absolute atomic E-state index is 12.7. The predicted octanol–water partition coefficient (Wildman–Crippen LogP) is 2.62. The lowest BCUT2D eigenvalue weighted by molar-refractivity contribution is -0.385. The van der Waals surface area contributed by atoms with E-state index in [0.29, 0.717) is 30.6 Å². The van der Waals surface area contributed by atoms with Crippen LogP contribution >= 0.6 is 0 Å². The summed E-state index contributed by atoms with van der Waals surface area (Å²) in [7, 11) is 0. The van der Waals surface area contributed by atoms with Crippen molar-refractivity contribution in [2.24, 2.45) is 5.92 Å². The molecule has 1 aliphatic heterocycles. The van der Waals surface area contributed by atoms with Gasteiger partial charge in [0.05, 0.1) is 4.92 Å². The van der Waals surface area contributed by atoms with Gasteiger partial charge in [0, 0.05) is 36.7 Å². The normalized spacial score (nSPS) is 17.8. The number of hydrogen-bond acceptors (Lipinski definition) is 4. The Kier molecular flexibility index (Phi) is 5.31. The number of rotatable bonds is 5. The molecule has 1 aliphatic rings. The van der Waals surface area contributed by atoms with Crippen LogP contribution in [0.4, 0.5) is 5.69 Å². The number of amides is 1. The summed E-state index contributed by atoms with van der Waals surface area (Å²) in [5.74, 6) is -0.878. The highest BCUT2D eigenvalue weighted by Gasteiger charge is 2.27. The highest BCUT2D eigenvalue weighted by Crippen LogP contribution is 2.26. The van der Waals surface area contributed by atoms with Gasteiger partial charge in [0.1, 0.15) is 0 Å². The van der Waals surface area contributed by atoms with Crippen molar-refractivity contribution in [2.75, 3.05) is 13.1 Å². The highest BCUT2D eigenvalue weighted by molar-refractivity contribution is 5.96. The zero-order chi connectivity index (χ0) is 17.0. The molecule has 7 heteroatoms. The van der Waals surface area contributed by atoms with Gasteiger partial charge in [0.2, 0.25) is 0 Å². The molecular formula is C16H20N2O5. The number of carboxylic acid groups (broad SMARTS) is 1. The van der Waals surface area contributed by atoms with Gasteiger partial charge < -0.3 is 10.0 Å².